The van der Waals surface area contributed by atoms with Gasteiger partial charge in [-0.2, -0.15) is 5.26 Å². The lowest BCUT2D eigenvalue weighted by atomic mass is 9.65. The van der Waals surface area contributed by atoms with Crippen molar-refractivity contribution >= 4 is 17.3 Å². The molecule has 0 fully saturated rings. The fourth-order valence-corrected chi connectivity index (χ4v) is 5.11. The van der Waals surface area contributed by atoms with Crippen LogP contribution < -0.4 is 10.5 Å². The minimum atomic E-state index is -0.640. The normalized spacial score (nSPS) is 17.5. The number of nitrogens with zero attached hydrogens (tertiary/aromatic N) is 2. The molecule has 1 aromatic carbocycles. The third kappa shape index (κ3) is 3.27. The van der Waals surface area contributed by atoms with Gasteiger partial charge in [-0.25, -0.2) is 4.79 Å². The summed E-state index contributed by atoms with van der Waals surface area (Å²) < 4.78 is 10.5. The summed E-state index contributed by atoms with van der Waals surface area (Å²) in [5.74, 6) is 0.408. The van der Waals surface area contributed by atoms with Gasteiger partial charge in [0.15, 0.2) is 5.88 Å². The Labute approximate surface area is 184 Å². The van der Waals surface area contributed by atoms with E-state index in [4.69, 9.17) is 15.2 Å². The first kappa shape index (κ1) is 20.7. The van der Waals surface area contributed by atoms with E-state index in [1.807, 2.05) is 37.3 Å². The Balaban J connectivity index is 1.96. The van der Waals surface area contributed by atoms with Gasteiger partial charge in [0.05, 0.1) is 29.7 Å². The molecule has 3 N–H and O–H groups in total. The van der Waals surface area contributed by atoms with Gasteiger partial charge in [-0.3, -0.25) is 5.10 Å². The summed E-state index contributed by atoms with van der Waals surface area (Å²) in [6.07, 6.45) is 1.90. The number of hydrogen-bond donors (Lipinski definition) is 2. The van der Waals surface area contributed by atoms with E-state index >= 15 is 0 Å². The zero-order valence-electron chi connectivity index (χ0n) is 17.6. The van der Waals surface area contributed by atoms with Gasteiger partial charge < -0.3 is 15.2 Å². The van der Waals surface area contributed by atoms with Crippen molar-refractivity contribution in [1.82, 2.24) is 10.2 Å². The molecule has 3 aromatic rings. The van der Waals surface area contributed by atoms with Crippen LogP contribution >= 0.6 is 11.3 Å². The number of hydrogen-bond acceptors (Lipinski definition) is 7. The molecule has 31 heavy (non-hydrogen) atoms. The number of carbonyl (C=O) groups is 1. The standard InChI is InChI=1S/C23H22N4O3S/c1-12(2)23(10-19(25)30-21-20(23)13(3)26-27-21)16-8-14(11-24)7-15(9-16)17-5-6-18(31-17)22(28)29-4/h5-10,12H,25H2,1-4H3,(H,26,27). The molecule has 0 saturated heterocycles. The molecule has 1 aliphatic heterocycles. The molecule has 0 aliphatic carbocycles. The highest BCUT2D eigenvalue weighted by molar-refractivity contribution is 7.17. The Morgan fingerprint density at radius 3 is 2.81 bits per heavy atom. The van der Waals surface area contributed by atoms with Gasteiger partial charge in [-0.1, -0.05) is 13.8 Å². The molecule has 8 heteroatoms. The van der Waals surface area contributed by atoms with E-state index in [0.717, 1.165) is 27.3 Å². The number of rotatable bonds is 4. The Bertz CT molecular complexity index is 1250. The highest BCUT2D eigenvalue weighted by Crippen LogP contribution is 2.49. The summed E-state index contributed by atoms with van der Waals surface area (Å²) in [5, 5.41) is 17.0. The van der Waals surface area contributed by atoms with Gasteiger partial charge in [-0.15, -0.1) is 16.4 Å². The van der Waals surface area contributed by atoms with Crippen molar-refractivity contribution in [3.63, 3.8) is 0 Å². The number of H-pyrrole nitrogens is 1. The van der Waals surface area contributed by atoms with Crippen molar-refractivity contribution in [1.29, 1.82) is 5.26 Å². The lowest BCUT2D eigenvalue weighted by Crippen LogP contribution is -2.37. The second-order valence-corrected chi connectivity index (χ2v) is 8.85. The molecule has 1 atom stereocenters. The van der Waals surface area contributed by atoms with E-state index in [1.54, 1.807) is 6.07 Å². The number of nitrogens with two attached hydrogens (primary N) is 1. The van der Waals surface area contributed by atoms with Crippen LogP contribution in [-0.4, -0.2) is 23.3 Å². The van der Waals surface area contributed by atoms with Gasteiger partial charge in [-0.05, 0) is 60.4 Å². The Morgan fingerprint density at radius 1 is 1.35 bits per heavy atom. The summed E-state index contributed by atoms with van der Waals surface area (Å²) in [4.78, 5) is 13.3. The first-order valence-corrected chi connectivity index (χ1v) is 10.6. The maximum Gasteiger partial charge on any atom is 0.348 e. The maximum atomic E-state index is 11.9. The van der Waals surface area contributed by atoms with E-state index in [9.17, 15) is 10.1 Å². The summed E-state index contributed by atoms with van der Waals surface area (Å²) in [5.41, 5.74) is 9.55. The number of benzene rings is 1. The number of fused-ring (bicyclic) bond motifs is 1. The number of ether oxygens (including phenoxy) is 2. The minimum Gasteiger partial charge on any atom is -0.465 e. The fraction of sp³-hybridized carbons (Fsp3) is 0.261. The third-order valence-electron chi connectivity index (χ3n) is 5.64. The molecule has 158 valence electrons. The van der Waals surface area contributed by atoms with Crippen molar-refractivity contribution in [3.05, 3.63) is 69.6 Å². The molecular formula is C23H22N4O3S. The molecule has 3 heterocycles. The van der Waals surface area contributed by atoms with Crippen LogP contribution in [0.1, 0.15) is 45.9 Å². The number of aryl methyl sites for hydroxylation is 1. The van der Waals surface area contributed by atoms with Crippen LogP contribution in [0, 0.1) is 24.2 Å². The first-order chi connectivity index (χ1) is 14.8. The Kier molecular flexibility index (Phi) is 5.07. The number of nitrogens with one attached hydrogen (secondary N) is 1. The lowest BCUT2D eigenvalue weighted by molar-refractivity contribution is 0.0606. The number of allylic oxidation sites excluding steroid dienone is 1. The molecule has 1 aliphatic rings. The first-order valence-electron chi connectivity index (χ1n) is 9.76. The van der Waals surface area contributed by atoms with E-state index in [0.29, 0.717) is 16.3 Å². The third-order valence-corrected chi connectivity index (χ3v) is 6.75. The molecule has 0 saturated carbocycles. The van der Waals surface area contributed by atoms with Crippen molar-refractivity contribution in [2.75, 3.05) is 7.11 Å². The van der Waals surface area contributed by atoms with Crippen LogP contribution in [0.5, 0.6) is 5.88 Å². The minimum absolute atomic E-state index is 0.0840. The fourth-order valence-electron chi connectivity index (χ4n) is 4.20. The van der Waals surface area contributed by atoms with Gasteiger partial charge in [0, 0.05) is 10.6 Å². The molecule has 0 amide bonds. The molecule has 0 bridgehead atoms. The largest absolute Gasteiger partial charge is 0.465 e. The van der Waals surface area contributed by atoms with Crippen LogP contribution in [-0.2, 0) is 10.2 Å². The molecule has 2 aromatic heterocycles. The zero-order chi connectivity index (χ0) is 22.3. The van der Waals surface area contributed by atoms with Crippen LogP contribution in [0.25, 0.3) is 10.4 Å². The average Bonchev–Trinajstić information content (AvgIpc) is 3.39. The predicted octanol–water partition coefficient (Wildman–Crippen LogP) is 4.24. The molecule has 0 radical (unpaired) electrons. The molecule has 0 spiro atoms. The Morgan fingerprint density at radius 2 is 2.13 bits per heavy atom. The van der Waals surface area contributed by atoms with Gasteiger partial charge >= 0.3 is 5.97 Å². The summed E-state index contributed by atoms with van der Waals surface area (Å²) >= 11 is 1.32. The summed E-state index contributed by atoms with van der Waals surface area (Å²) in [6, 6.07) is 11.6. The lowest BCUT2D eigenvalue weighted by Gasteiger charge is -2.38. The molecular weight excluding hydrogens is 412 g/mol. The number of methoxy groups -OCH3 is 1. The van der Waals surface area contributed by atoms with Crippen molar-refractivity contribution < 1.29 is 14.3 Å². The zero-order valence-corrected chi connectivity index (χ0v) is 18.5. The molecule has 7 nitrogen and oxygen atoms in total. The maximum absolute atomic E-state index is 11.9. The highest BCUT2D eigenvalue weighted by Gasteiger charge is 2.44. The summed E-state index contributed by atoms with van der Waals surface area (Å²) in [6.45, 7) is 6.15. The predicted molar refractivity (Wildman–Crippen MR) is 118 cm³/mol. The topological polar surface area (TPSA) is 114 Å². The van der Waals surface area contributed by atoms with Gasteiger partial charge in [0.25, 0.3) is 0 Å². The molecule has 4 rings (SSSR count). The smallest absolute Gasteiger partial charge is 0.348 e. The van der Waals surface area contributed by atoms with Gasteiger partial charge in [0.1, 0.15) is 4.88 Å². The number of thiophene rings is 1. The van der Waals surface area contributed by atoms with E-state index in [2.05, 4.69) is 30.1 Å². The van der Waals surface area contributed by atoms with Crippen molar-refractivity contribution in [3.8, 4) is 22.4 Å². The number of aromatic amines is 1. The van der Waals surface area contributed by atoms with E-state index in [1.165, 1.54) is 18.4 Å². The highest BCUT2D eigenvalue weighted by atomic mass is 32.1. The van der Waals surface area contributed by atoms with E-state index in [-0.39, 0.29) is 17.8 Å². The summed E-state index contributed by atoms with van der Waals surface area (Å²) in [7, 11) is 1.36. The SMILES string of the molecule is COC(=O)c1ccc(-c2cc(C#N)cc(C3(C(C)C)C=C(N)Oc4n[nH]c(C)c43)c2)s1. The van der Waals surface area contributed by atoms with Crippen LogP contribution in [0.2, 0.25) is 0 Å². The van der Waals surface area contributed by atoms with Gasteiger partial charge in [0.2, 0.25) is 5.88 Å². The number of nitriles is 1. The Hall–Kier alpha value is -3.57. The number of aromatic nitrogens is 2. The van der Waals surface area contributed by atoms with Crippen molar-refractivity contribution in [2.45, 2.75) is 26.2 Å². The molecule has 1 unspecified atom stereocenters. The van der Waals surface area contributed by atoms with Crippen LogP contribution in [0.3, 0.4) is 0 Å². The number of esters is 1. The monoisotopic (exact) mass is 434 g/mol. The van der Waals surface area contributed by atoms with Crippen molar-refractivity contribution in [2.24, 2.45) is 11.7 Å². The van der Waals surface area contributed by atoms with E-state index < -0.39 is 5.41 Å². The second kappa shape index (κ2) is 7.60. The van der Waals surface area contributed by atoms with Crippen LogP contribution in [0.15, 0.2) is 42.3 Å². The second-order valence-electron chi connectivity index (χ2n) is 7.77. The quantitative estimate of drug-likeness (QED) is 0.594. The number of carbonyl (C=O) groups excluding carboxylic acids is 1. The average molecular weight is 435 g/mol. The van der Waals surface area contributed by atoms with Crippen LogP contribution in [0.4, 0.5) is 0 Å².